The molecule has 0 unspecified atom stereocenters. The average molecular weight is 375 g/mol. The summed E-state index contributed by atoms with van der Waals surface area (Å²) in [7, 11) is 0. The van der Waals surface area contributed by atoms with Gasteiger partial charge in [-0.2, -0.15) is 5.26 Å². The van der Waals surface area contributed by atoms with Crippen molar-refractivity contribution < 1.29 is 0 Å². The highest BCUT2D eigenvalue weighted by Gasteiger charge is 2.30. The number of nitrogen functional groups attached to an aromatic ring is 1. The lowest BCUT2D eigenvalue weighted by molar-refractivity contribution is 0.336. The van der Waals surface area contributed by atoms with E-state index in [9.17, 15) is 5.26 Å². The summed E-state index contributed by atoms with van der Waals surface area (Å²) in [6.45, 7) is 5.58. The van der Waals surface area contributed by atoms with Crippen LogP contribution < -0.4 is 10.6 Å². The Balaban J connectivity index is 1.76. The minimum Gasteiger partial charge on any atom is -0.382 e. The Morgan fingerprint density at radius 2 is 2.08 bits per heavy atom. The Hall–Kier alpha value is -2.04. The number of hydrogen-bond donors (Lipinski definition) is 1. The molecule has 1 fully saturated rings. The third kappa shape index (κ3) is 3.80. The molecule has 0 spiro atoms. The molecule has 25 heavy (non-hydrogen) atoms. The van der Waals surface area contributed by atoms with Crippen molar-refractivity contribution in [2.24, 2.45) is 5.41 Å². The lowest BCUT2D eigenvalue weighted by Gasteiger charge is -2.35. The number of aryl methyl sites for hydroxylation is 1. The highest BCUT2D eigenvalue weighted by Crippen LogP contribution is 2.36. The Morgan fingerprint density at radius 1 is 1.36 bits per heavy atom. The van der Waals surface area contributed by atoms with Gasteiger partial charge in [-0.25, -0.2) is 15.0 Å². The Bertz CT molecular complexity index is 826. The second kappa shape index (κ2) is 7.06. The zero-order chi connectivity index (χ0) is 18.0. The molecule has 3 rings (SSSR count). The fourth-order valence-corrected chi connectivity index (χ4v) is 3.73. The molecule has 1 aliphatic rings. The van der Waals surface area contributed by atoms with Crippen LogP contribution >= 0.6 is 23.4 Å². The molecule has 2 aromatic rings. The third-order valence-electron chi connectivity index (χ3n) is 4.44. The number of nitrogens with two attached hydrogens (primary N) is 1. The second-order valence-electron chi connectivity index (χ2n) is 6.39. The van der Waals surface area contributed by atoms with Gasteiger partial charge in [0.15, 0.2) is 0 Å². The molecule has 130 valence electrons. The summed E-state index contributed by atoms with van der Waals surface area (Å²) in [5.41, 5.74) is 6.35. The normalized spacial score (nSPS) is 16.5. The molecular formula is C17H19ClN6S. The van der Waals surface area contributed by atoms with Crippen LogP contribution in [-0.4, -0.2) is 28.0 Å². The molecule has 3 heterocycles. The molecule has 0 radical (unpaired) electrons. The molecule has 0 amide bonds. The summed E-state index contributed by atoms with van der Waals surface area (Å²) < 4.78 is 0. The van der Waals surface area contributed by atoms with Crippen molar-refractivity contribution in [3.8, 4) is 6.07 Å². The van der Waals surface area contributed by atoms with Crippen LogP contribution in [0.4, 0.5) is 11.6 Å². The smallest absolute Gasteiger partial charge is 0.147 e. The molecule has 0 bridgehead atoms. The zero-order valence-corrected chi connectivity index (χ0v) is 15.7. The number of aromatic nitrogens is 3. The van der Waals surface area contributed by atoms with Gasteiger partial charge in [-0.05, 0) is 32.8 Å². The topological polar surface area (TPSA) is 91.7 Å². The SMILES string of the molecule is Cc1nc(N2CCC(C)(C#N)CC2)cnc1Sc1ccnc(N)c1Cl. The van der Waals surface area contributed by atoms with Crippen molar-refractivity contribution in [3.63, 3.8) is 0 Å². The van der Waals surface area contributed by atoms with Crippen molar-refractivity contribution >= 4 is 35.0 Å². The number of nitrogens with zero attached hydrogens (tertiary/aromatic N) is 5. The molecule has 8 heteroatoms. The van der Waals surface area contributed by atoms with E-state index >= 15 is 0 Å². The van der Waals surface area contributed by atoms with E-state index < -0.39 is 0 Å². The van der Waals surface area contributed by atoms with Gasteiger partial charge >= 0.3 is 0 Å². The summed E-state index contributed by atoms with van der Waals surface area (Å²) in [6, 6.07) is 4.23. The van der Waals surface area contributed by atoms with Gasteiger partial charge in [-0.15, -0.1) is 0 Å². The summed E-state index contributed by atoms with van der Waals surface area (Å²) in [4.78, 5) is 16.2. The number of hydrogen-bond acceptors (Lipinski definition) is 7. The van der Waals surface area contributed by atoms with Crippen molar-refractivity contribution in [3.05, 3.63) is 29.2 Å². The third-order valence-corrected chi connectivity index (χ3v) is 6.10. The Morgan fingerprint density at radius 3 is 2.72 bits per heavy atom. The second-order valence-corrected chi connectivity index (χ2v) is 7.80. The number of piperidine rings is 1. The maximum Gasteiger partial charge on any atom is 0.147 e. The van der Waals surface area contributed by atoms with Crippen molar-refractivity contribution in [1.29, 1.82) is 5.26 Å². The molecule has 0 aliphatic carbocycles. The first-order valence-electron chi connectivity index (χ1n) is 7.99. The van der Waals surface area contributed by atoms with Crippen LogP contribution in [0.1, 0.15) is 25.5 Å². The zero-order valence-electron chi connectivity index (χ0n) is 14.2. The maximum absolute atomic E-state index is 9.25. The van der Waals surface area contributed by atoms with Crippen molar-refractivity contribution in [1.82, 2.24) is 15.0 Å². The fourth-order valence-electron chi connectivity index (χ4n) is 2.68. The van der Waals surface area contributed by atoms with Gasteiger partial charge in [-0.1, -0.05) is 23.4 Å². The molecule has 1 aliphatic heterocycles. The average Bonchev–Trinajstić information content (AvgIpc) is 2.61. The van der Waals surface area contributed by atoms with Gasteiger partial charge in [0.25, 0.3) is 0 Å². The lowest BCUT2D eigenvalue weighted by Crippen LogP contribution is -2.38. The van der Waals surface area contributed by atoms with E-state index in [1.165, 1.54) is 11.8 Å². The first kappa shape index (κ1) is 17.8. The summed E-state index contributed by atoms with van der Waals surface area (Å²) in [5, 5.41) is 10.5. The van der Waals surface area contributed by atoms with Crippen LogP contribution in [0.25, 0.3) is 0 Å². The number of halogens is 1. The highest BCUT2D eigenvalue weighted by molar-refractivity contribution is 7.99. The monoisotopic (exact) mass is 374 g/mol. The van der Waals surface area contributed by atoms with E-state index in [1.54, 1.807) is 12.4 Å². The highest BCUT2D eigenvalue weighted by atomic mass is 35.5. The number of rotatable bonds is 3. The minimum atomic E-state index is -0.229. The fraction of sp³-hybridized carbons (Fsp3) is 0.412. The Kier molecular flexibility index (Phi) is 5.02. The minimum absolute atomic E-state index is 0.229. The molecule has 6 nitrogen and oxygen atoms in total. The van der Waals surface area contributed by atoms with E-state index in [0.717, 1.165) is 47.4 Å². The largest absolute Gasteiger partial charge is 0.382 e. The van der Waals surface area contributed by atoms with Crippen LogP contribution in [-0.2, 0) is 0 Å². The first-order valence-corrected chi connectivity index (χ1v) is 9.19. The van der Waals surface area contributed by atoms with Crippen LogP contribution in [0.15, 0.2) is 28.4 Å². The van der Waals surface area contributed by atoms with Gasteiger partial charge in [0, 0.05) is 24.2 Å². The summed E-state index contributed by atoms with van der Waals surface area (Å²) in [6.07, 6.45) is 5.09. The summed E-state index contributed by atoms with van der Waals surface area (Å²) >= 11 is 7.62. The number of pyridine rings is 1. The molecule has 0 saturated carbocycles. The predicted molar refractivity (Wildman–Crippen MR) is 99.7 cm³/mol. The van der Waals surface area contributed by atoms with E-state index in [4.69, 9.17) is 17.3 Å². The van der Waals surface area contributed by atoms with Crippen LogP contribution in [0.2, 0.25) is 5.02 Å². The first-order chi connectivity index (χ1) is 11.9. The van der Waals surface area contributed by atoms with E-state index in [0.29, 0.717) is 10.8 Å². The summed E-state index contributed by atoms with van der Waals surface area (Å²) in [5.74, 6) is 1.16. The van der Waals surface area contributed by atoms with E-state index in [2.05, 4.69) is 25.9 Å². The van der Waals surface area contributed by atoms with Gasteiger partial charge in [0.2, 0.25) is 0 Å². The molecule has 2 N–H and O–H groups in total. The van der Waals surface area contributed by atoms with Crippen molar-refractivity contribution in [2.45, 2.75) is 36.6 Å². The molecule has 0 atom stereocenters. The van der Waals surface area contributed by atoms with Gasteiger partial charge in [0.1, 0.15) is 16.7 Å². The standard InChI is InChI=1S/C17H19ClN6S/c1-11-16(25-12-3-6-21-15(20)14(12)18)22-9-13(23-11)24-7-4-17(2,10-19)5-8-24/h3,6,9H,4-5,7-8H2,1-2H3,(H2,20,21). The molecular weight excluding hydrogens is 356 g/mol. The predicted octanol–water partition coefficient (Wildman–Crippen LogP) is 3.70. The van der Waals surface area contributed by atoms with E-state index in [-0.39, 0.29) is 5.41 Å². The number of anilines is 2. The van der Waals surface area contributed by atoms with Crippen LogP contribution in [0, 0.1) is 23.7 Å². The molecule has 1 saturated heterocycles. The van der Waals surface area contributed by atoms with E-state index in [1.807, 2.05) is 19.9 Å². The van der Waals surface area contributed by atoms with Gasteiger partial charge < -0.3 is 10.6 Å². The maximum atomic E-state index is 9.25. The quantitative estimate of drug-likeness (QED) is 0.875. The number of nitriles is 1. The Labute approximate surface area is 156 Å². The van der Waals surface area contributed by atoms with Gasteiger partial charge in [0.05, 0.1) is 28.4 Å². The van der Waals surface area contributed by atoms with Crippen molar-refractivity contribution in [2.75, 3.05) is 23.7 Å². The molecule has 2 aromatic heterocycles. The lowest BCUT2D eigenvalue weighted by atomic mass is 9.82. The van der Waals surface area contributed by atoms with Crippen LogP contribution in [0.3, 0.4) is 0 Å². The molecule has 0 aromatic carbocycles. The van der Waals surface area contributed by atoms with Crippen LogP contribution in [0.5, 0.6) is 0 Å². The van der Waals surface area contributed by atoms with Gasteiger partial charge in [-0.3, -0.25) is 0 Å².